The Kier molecular flexibility index (Phi) is 5.07. The maximum absolute atomic E-state index is 13.6. The smallest absolute Gasteiger partial charge is 0.323 e. The minimum absolute atomic E-state index is 0.317. The highest BCUT2D eigenvalue weighted by Gasteiger charge is 2.16. The van der Waals surface area contributed by atoms with E-state index in [0.29, 0.717) is 17.2 Å². The summed E-state index contributed by atoms with van der Waals surface area (Å²) < 4.78 is 45.5. The molecule has 7 heteroatoms. The summed E-state index contributed by atoms with van der Waals surface area (Å²) >= 11 is 0. The van der Waals surface area contributed by atoms with Gasteiger partial charge >= 0.3 is 6.03 Å². The molecule has 2 amide bonds. The number of rotatable bonds is 4. The lowest BCUT2D eigenvalue weighted by Crippen LogP contribution is -2.20. The highest BCUT2D eigenvalue weighted by atomic mass is 19.2. The molecule has 26 heavy (non-hydrogen) atoms. The largest absolute Gasteiger partial charge is 0.455 e. The van der Waals surface area contributed by atoms with Crippen molar-refractivity contribution in [1.82, 2.24) is 0 Å². The Labute approximate surface area is 147 Å². The molecule has 3 aromatic rings. The molecule has 0 aliphatic carbocycles. The van der Waals surface area contributed by atoms with Crippen molar-refractivity contribution in [2.24, 2.45) is 0 Å². The Morgan fingerprint density at radius 3 is 2.15 bits per heavy atom. The van der Waals surface area contributed by atoms with E-state index >= 15 is 0 Å². The molecular weight excluding hydrogens is 345 g/mol. The Bertz CT molecular complexity index is 933. The Hall–Kier alpha value is -3.48. The molecular formula is C19H13F3N2O2. The molecule has 132 valence electrons. The van der Waals surface area contributed by atoms with Crippen molar-refractivity contribution in [3.63, 3.8) is 0 Å². The number of halogens is 3. The molecule has 0 aliphatic heterocycles. The Morgan fingerprint density at radius 1 is 0.731 bits per heavy atom. The molecule has 0 aliphatic rings. The molecule has 0 fully saturated rings. The average Bonchev–Trinajstić information content (AvgIpc) is 2.65. The molecule has 0 saturated carbocycles. The van der Waals surface area contributed by atoms with Crippen molar-refractivity contribution in [1.29, 1.82) is 0 Å². The molecule has 0 radical (unpaired) electrons. The van der Waals surface area contributed by atoms with Crippen LogP contribution in [0.5, 0.6) is 11.5 Å². The van der Waals surface area contributed by atoms with Crippen molar-refractivity contribution in [2.75, 3.05) is 10.6 Å². The predicted molar refractivity (Wildman–Crippen MR) is 91.9 cm³/mol. The van der Waals surface area contributed by atoms with Crippen LogP contribution in [-0.4, -0.2) is 6.03 Å². The van der Waals surface area contributed by atoms with Crippen LogP contribution in [0.1, 0.15) is 0 Å². The van der Waals surface area contributed by atoms with E-state index in [2.05, 4.69) is 10.6 Å². The van der Waals surface area contributed by atoms with Gasteiger partial charge in [-0.05, 0) is 36.4 Å². The van der Waals surface area contributed by atoms with Crippen molar-refractivity contribution in [3.05, 3.63) is 84.2 Å². The second-order valence-electron chi connectivity index (χ2n) is 5.21. The van der Waals surface area contributed by atoms with Gasteiger partial charge in [0.2, 0.25) is 0 Å². The van der Waals surface area contributed by atoms with E-state index in [1.165, 1.54) is 0 Å². The second-order valence-corrected chi connectivity index (χ2v) is 5.21. The number of amides is 2. The van der Waals surface area contributed by atoms with Gasteiger partial charge in [-0.1, -0.05) is 30.3 Å². The first-order chi connectivity index (χ1) is 12.5. The van der Waals surface area contributed by atoms with Gasteiger partial charge in [-0.2, -0.15) is 0 Å². The lowest BCUT2D eigenvalue weighted by molar-refractivity contribution is 0.262. The van der Waals surface area contributed by atoms with Gasteiger partial charge in [0.05, 0.1) is 11.4 Å². The summed E-state index contributed by atoms with van der Waals surface area (Å²) in [6.45, 7) is 0. The summed E-state index contributed by atoms with van der Waals surface area (Å²) in [5, 5.41) is 4.61. The summed E-state index contributed by atoms with van der Waals surface area (Å²) in [5.74, 6) is -3.55. The van der Waals surface area contributed by atoms with Crippen LogP contribution in [0.3, 0.4) is 0 Å². The lowest BCUT2D eigenvalue weighted by atomic mass is 10.2. The van der Waals surface area contributed by atoms with Crippen LogP contribution in [0, 0.1) is 17.5 Å². The molecule has 0 atom stereocenters. The molecule has 0 spiro atoms. The third-order valence-corrected chi connectivity index (χ3v) is 3.39. The maximum Gasteiger partial charge on any atom is 0.323 e. The van der Waals surface area contributed by atoms with E-state index in [-0.39, 0.29) is 0 Å². The van der Waals surface area contributed by atoms with E-state index in [4.69, 9.17) is 4.74 Å². The number of anilines is 2. The van der Waals surface area contributed by atoms with Crippen LogP contribution >= 0.6 is 0 Å². The summed E-state index contributed by atoms with van der Waals surface area (Å²) in [6.07, 6.45) is 0. The van der Waals surface area contributed by atoms with Gasteiger partial charge in [0.25, 0.3) is 0 Å². The predicted octanol–water partition coefficient (Wildman–Crippen LogP) is 5.54. The quantitative estimate of drug-likeness (QED) is 0.602. The fourth-order valence-electron chi connectivity index (χ4n) is 2.17. The zero-order chi connectivity index (χ0) is 18.5. The summed E-state index contributed by atoms with van der Waals surface area (Å²) in [7, 11) is 0. The number of ether oxygens (including phenoxy) is 1. The number of para-hydroxylation sites is 3. The standard InChI is InChI=1S/C19H13F3N2O2/c20-13-10-11-15(18(22)17(13)21)24-19(25)23-14-8-4-5-9-16(14)26-12-6-2-1-3-7-12/h1-11H,(H2,23,24,25). The van der Waals surface area contributed by atoms with Gasteiger partial charge in [-0.25, -0.2) is 18.0 Å². The topological polar surface area (TPSA) is 50.4 Å². The normalized spacial score (nSPS) is 10.3. The van der Waals surface area contributed by atoms with Gasteiger partial charge in [0, 0.05) is 0 Å². The lowest BCUT2D eigenvalue weighted by Gasteiger charge is -2.13. The number of benzene rings is 3. The molecule has 3 aromatic carbocycles. The summed E-state index contributed by atoms with van der Waals surface area (Å²) in [5.41, 5.74) is -0.167. The van der Waals surface area contributed by atoms with Crippen LogP contribution < -0.4 is 15.4 Å². The Balaban J connectivity index is 1.75. The van der Waals surface area contributed by atoms with E-state index < -0.39 is 29.2 Å². The first kappa shape index (κ1) is 17.3. The SMILES string of the molecule is O=C(Nc1ccccc1Oc1ccccc1)Nc1ccc(F)c(F)c1F. The number of hydrogen-bond acceptors (Lipinski definition) is 2. The molecule has 2 N–H and O–H groups in total. The first-order valence-electron chi connectivity index (χ1n) is 7.58. The third kappa shape index (κ3) is 3.94. The van der Waals surface area contributed by atoms with Crippen molar-refractivity contribution < 1.29 is 22.7 Å². The molecule has 0 bridgehead atoms. The minimum Gasteiger partial charge on any atom is -0.455 e. The Morgan fingerprint density at radius 2 is 1.38 bits per heavy atom. The number of hydrogen-bond donors (Lipinski definition) is 2. The molecule has 4 nitrogen and oxygen atoms in total. The van der Waals surface area contributed by atoms with Crippen molar-refractivity contribution >= 4 is 17.4 Å². The third-order valence-electron chi connectivity index (χ3n) is 3.39. The van der Waals surface area contributed by atoms with E-state index in [1.807, 2.05) is 6.07 Å². The van der Waals surface area contributed by atoms with E-state index in [9.17, 15) is 18.0 Å². The van der Waals surface area contributed by atoms with Gasteiger partial charge < -0.3 is 15.4 Å². The van der Waals surface area contributed by atoms with Gasteiger partial charge in [0.1, 0.15) is 5.75 Å². The summed E-state index contributed by atoms with van der Waals surface area (Å²) in [6, 6.07) is 16.3. The highest BCUT2D eigenvalue weighted by molar-refractivity contribution is 6.00. The van der Waals surface area contributed by atoms with Crippen LogP contribution in [0.25, 0.3) is 0 Å². The number of carbonyl (C=O) groups is 1. The van der Waals surface area contributed by atoms with Crippen LogP contribution in [0.2, 0.25) is 0 Å². The monoisotopic (exact) mass is 358 g/mol. The van der Waals surface area contributed by atoms with Crippen LogP contribution in [0.15, 0.2) is 66.7 Å². The molecule has 0 aromatic heterocycles. The first-order valence-corrected chi connectivity index (χ1v) is 7.58. The van der Waals surface area contributed by atoms with Crippen molar-refractivity contribution in [2.45, 2.75) is 0 Å². The molecule has 3 rings (SSSR count). The fraction of sp³-hybridized carbons (Fsp3) is 0. The van der Waals surface area contributed by atoms with E-state index in [1.54, 1.807) is 48.5 Å². The average molecular weight is 358 g/mol. The van der Waals surface area contributed by atoms with Crippen LogP contribution in [-0.2, 0) is 0 Å². The van der Waals surface area contributed by atoms with Crippen LogP contribution in [0.4, 0.5) is 29.3 Å². The molecule has 0 unspecified atom stereocenters. The number of nitrogens with one attached hydrogen (secondary N) is 2. The van der Waals surface area contributed by atoms with Crippen molar-refractivity contribution in [3.8, 4) is 11.5 Å². The zero-order valence-electron chi connectivity index (χ0n) is 13.3. The van der Waals surface area contributed by atoms with Gasteiger partial charge in [0.15, 0.2) is 23.2 Å². The number of urea groups is 1. The zero-order valence-corrected chi connectivity index (χ0v) is 13.3. The summed E-state index contributed by atoms with van der Waals surface area (Å²) in [4.78, 5) is 12.1. The highest BCUT2D eigenvalue weighted by Crippen LogP contribution is 2.29. The fourth-order valence-corrected chi connectivity index (χ4v) is 2.17. The second kappa shape index (κ2) is 7.60. The molecule has 0 saturated heterocycles. The minimum atomic E-state index is -1.66. The maximum atomic E-state index is 13.6. The van der Waals surface area contributed by atoms with Gasteiger partial charge in [-0.3, -0.25) is 0 Å². The van der Waals surface area contributed by atoms with E-state index in [0.717, 1.165) is 12.1 Å². The van der Waals surface area contributed by atoms with Gasteiger partial charge in [-0.15, -0.1) is 0 Å². The number of carbonyl (C=O) groups excluding carboxylic acids is 1. The molecule has 0 heterocycles.